The summed E-state index contributed by atoms with van der Waals surface area (Å²) in [5, 5.41) is 0. The van der Waals surface area contributed by atoms with Crippen molar-refractivity contribution in [1.29, 1.82) is 0 Å². The van der Waals surface area contributed by atoms with Gasteiger partial charge in [0.05, 0.1) is 0 Å². The Labute approximate surface area is 128 Å². The molecule has 21 heavy (non-hydrogen) atoms. The Bertz CT molecular complexity index is 450. The van der Waals surface area contributed by atoms with Crippen LogP contribution < -0.4 is 5.73 Å². The molecule has 2 rings (SSSR count). The molecule has 0 spiro atoms. The van der Waals surface area contributed by atoms with Crippen LogP contribution in [-0.4, -0.2) is 22.6 Å². The maximum absolute atomic E-state index is 6.14. The highest BCUT2D eigenvalue weighted by atomic mass is 16.5. The van der Waals surface area contributed by atoms with Gasteiger partial charge in [0.1, 0.15) is 5.60 Å². The van der Waals surface area contributed by atoms with Gasteiger partial charge >= 0.3 is 0 Å². The SMILES string of the molecule is CCOC1(c2nc(C)cc(CC(N)CC)n2)CCCCC1. The molecule has 0 saturated heterocycles. The van der Waals surface area contributed by atoms with Gasteiger partial charge < -0.3 is 10.5 Å². The number of ether oxygens (including phenoxy) is 1. The van der Waals surface area contributed by atoms with E-state index in [1.165, 1.54) is 19.3 Å². The minimum Gasteiger partial charge on any atom is -0.367 e. The maximum atomic E-state index is 6.14. The lowest BCUT2D eigenvalue weighted by atomic mass is 9.83. The molecule has 1 unspecified atom stereocenters. The fraction of sp³-hybridized carbons (Fsp3) is 0.765. The van der Waals surface area contributed by atoms with Gasteiger partial charge in [-0.25, -0.2) is 9.97 Å². The molecular weight excluding hydrogens is 262 g/mol. The fourth-order valence-electron chi connectivity index (χ4n) is 3.19. The van der Waals surface area contributed by atoms with Crippen molar-refractivity contribution in [3.05, 3.63) is 23.3 Å². The molecule has 1 saturated carbocycles. The Morgan fingerprint density at radius 2 is 1.95 bits per heavy atom. The van der Waals surface area contributed by atoms with E-state index < -0.39 is 0 Å². The van der Waals surface area contributed by atoms with Crippen LogP contribution in [0.2, 0.25) is 0 Å². The zero-order valence-electron chi connectivity index (χ0n) is 13.7. The number of nitrogens with two attached hydrogens (primary N) is 1. The predicted molar refractivity (Wildman–Crippen MR) is 85.1 cm³/mol. The summed E-state index contributed by atoms with van der Waals surface area (Å²) in [6, 6.07) is 2.23. The van der Waals surface area contributed by atoms with Crippen LogP contribution in [0.4, 0.5) is 0 Å². The highest BCUT2D eigenvalue weighted by molar-refractivity contribution is 5.16. The first kappa shape index (κ1) is 16.4. The molecule has 1 fully saturated rings. The summed E-state index contributed by atoms with van der Waals surface area (Å²) >= 11 is 0. The van der Waals surface area contributed by atoms with Gasteiger partial charge in [-0.2, -0.15) is 0 Å². The van der Waals surface area contributed by atoms with E-state index in [2.05, 4.69) is 19.9 Å². The van der Waals surface area contributed by atoms with Crippen LogP contribution in [0.15, 0.2) is 6.07 Å². The second-order valence-corrected chi connectivity index (χ2v) is 6.18. The van der Waals surface area contributed by atoms with Crippen LogP contribution in [0.1, 0.15) is 69.6 Å². The van der Waals surface area contributed by atoms with Crippen molar-refractivity contribution in [2.75, 3.05) is 6.61 Å². The Balaban J connectivity index is 2.31. The van der Waals surface area contributed by atoms with Crippen LogP contribution in [-0.2, 0) is 16.8 Å². The van der Waals surface area contributed by atoms with Crippen molar-refractivity contribution in [2.45, 2.75) is 77.4 Å². The molecule has 0 aromatic carbocycles. The summed E-state index contributed by atoms with van der Waals surface area (Å²) in [5.74, 6) is 0.877. The Morgan fingerprint density at radius 3 is 2.57 bits per heavy atom. The smallest absolute Gasteiger partial charge is 0.160 e. The number of rotatable bonds is 6. The van der Waals surface area contributed by atoms with Crippen LogP contribution >= 0.6 is 0 Å². The van der Waals surface area contributed by atoms with E-state index in [-0.39, 0.29) is 11.6 Å². The largest absolute Gasteiger partial charge is 0.367 e. The quantitative estimate of drug-likeness (QED) is 0.874. The van der Waals surface area contributed by atoms with E-state index in [9.17, 15) is 0 Å². The van der Waals surface area contributed by atoms with E-state index in [0.29, 0.717) is 6.61 Å². The maximum Gasteiger partial charge on any atom is 0.160 e. The lowest BCUT2D eigenvalue weighted by Crippen LogP contribution is -2.35. The summed E-state index contributed by atoms with van der Waals surface area (Å²) in [6.45, 7) is 6.91. The first-order valence-electron chi connectivity index (χ1n) is 8.34. The predicted octanol–water partition coefficient (Wildman–Crippen LogP) is 3.26. The van der Waals surface area contributed by atoms with Crippen molar-refractivity contribution in [2.24, 2.45) is 5.73 Å². The third-order valence-electron chi connectivity index (χ3n) is 4.39. The molecule has 0 aliphatic heterocycles. The topological polar surface area (TPSA) is 61.0 Å². The Hall–Kier alpha value is -1.00. The van der Waals surface area contributed by atoms with Crippen LogP contribution in [0, 0.1) is 6.92 Å². The Morgan fingerprint density at radius 1 is 1.24 bits per heavy atom. The van der Waals surface area contributed by atoms with Crippen molar-refractivity contribution < 1.29 is 4.74 Å². The van der Waals surface area contributed by atoms with E-state index in [1.54, 1.807) is 0 Å². The van der Waals surface area contributed by atoms with Gasteiger partial charge in [-0.1, -0.05) is 26.2 Å². The molecule has 0 amide bonds. The van der Waals surface area contributed by atoms with Gasteiger partial charge in [0, 0.05) is 30.5 Å². The van der Waals surface area contributed by atoms with E-state index >= 15 is 0 Å². The number of nitrogens with zero attached hydrogens (tertiary/aromatic N) is 2. The average molecular weight is 291 g/mol. The van der Waals surface area contributed by atoms with Gasteiger partial charge in [-0.3, -0.25) is 0 Å². The summed E-state index contributed by atoms with van der Waals surface area (Å²) in [5.41, 5.74) is 7.88. The second kappa shape index (κ2) is 7.32. The fourth-order valence-corrected chi connectivity index (χ4v) is 3.19. The molecule has 1 heterocycles. The molecule has 4 heteroatoms. The van der Waals surface area contributed by atoms with E-state index in [1.807, 2.05) is 6.92 Å². The summed E-state index contributed by atoms with van der Waals surface area (Å²) in [7, 11) is 0. The standard InChI is InChI=1S/C17H29N3O/c1-4-14(18)12-15-11-13(3)19-16(20-15)17(21-5-2)9-7-6-8-10-17/h11,14H,4-10,12,18H2,1-3H3. The molecule has 1 aromatic rings. The minimum absolute atomic E-state index is 0.168. The van der Waals surface area contributed by atoms with E-state index in [0.717, 1.165) is 42.9 Å². The number of aryl methyl sites for hydroxylation is 1. The first-order chi connectivity index (χ1) is 10.1. The zero-order valence-corrected chi connectivity index (χ0v) is 13.7. The molecule has 1 atom stereocenters. The molecule has 4 nitrogen and oxygen atoms in total. The third-order valence-corrected chi connectivity index (χ3v) is 4.39. The number of hydrogen-bond donors (Lipinski definition) is 1. The zero-order chi connectivity index (χ0) is 15.3. The molecule has 0 bridgehead atoms. The molecule has 118 valence electrons. The molecule has 1 aromatic heterocycles. The highest BCUT2D eigenvalue weighted by Gasteiger charge is 2.37. The van der Waals surface area contributed by atoms with Crippen molar-refractivity contribution in [3.8, 4) is 0 Å². The molecule has 1 aliphatic carbocycles. The minimum atomic E-state index is -0.274. The molecule has 0 radical (unpaired) electrons. The van der Waals surface area contributed by atoms with Crippen LogP contribution in [0.25, 0.3) is 0 Å². The van der Waals surface area contributed by atoms with Gasteiger partial charge in [0.2, 0.25) is 0 Å². The lowest BCUT2D eigenvalue weighted by Gasteiger charge is -2.35. The molecule has 1 aliphatic rings. The first-order valence-corrected chi connectivity index (χ1v) is 8.34. The number of aromatic nitrogens is 2. The lowest BCUT2D eigenvalue weighted by molar-refractivity contribution is -0.0769. The third kappa shape index (κ3) is 4.01. The van der Waals surface area contributed by atoms with Gasteiger partial charge in [-0.05, 0) is 39.2 Å². The summed E-state index contributed by atoms with van der Waals surface area (Å²) < 4.78 is 6.14. The summed E-state index contributed by atoms with van der Waals surface area (Å²) in [6.07, 6.45) is 7.52. The van der Waals surface area contributed by atoms with Crippen molar-refractivity contribution >= 4 is 0 Å². The van der Waals surface area contributed by atoms with Gasteiger partial charge in [-0.15, -0.1) is 0 Å². The van der Waals surface area contributed by atoms with Crippen molar-refractivity contribution in [3.63, 3.8) is 0 Å². The number of hydrogen-bond acceptors (Lipinski definition) is 4. The van der Waals surface area contributed by atoms with Gasteiger partial charge in [0.15, 0.2) is 5.82 Å². The van der Waals surface area contributed by atoms with Crippen LogP contribution in [0.5, 0.6) is 0 Å². The van der Waals surface area contributed by atoms with Gasteiger partial charge in [0.25, 0.3) is 0 Å². The molecule has 2 N–H and O–H groups in total. The summed E-state index contributed by atoms with van der Waals surface area (Å²) in [4.78, 5) is 9.52. The normalized spacial score (nSPS) is 19.4. The van der Waals surface area contributed by atoms with Crippen LogP contribution in [0.3, 0.4) is 0 Å². The monoisotopic (exact) mass is 291 g/mol. The van der Waals surface area contributed by atoms with E-state index in [4.69, 9.17) is 20.4 Å². The van der Waals surface area contributed by atoms with Crippen molar-refractivity contribution in [1.82, 2.24) is 9.97 Å². The second-order valence-electron chi connectivity index (χ2n) is 6.18. The highest BCUT2D eigenvalue weighted by Crippen LogP contribution is 2.39. The Kier molecular flexibility index (Phi) is 5.71. The molecular formula is C17H29N3O. The average Bonchev–Trinajstić information content (AvgIpc) is 2.48.